The van der Waals surface area contributed by atoms with E-state index in [1.807, 2.05) is 18.2 Å². The van der Waals surface area contributed by atoms with Crippen LogP contribution in [0.25, 0.3) is 11.0 Å². The Balaban J connectivity index is 1.38. The van der Waals surface area contributed by atoms with Gasteiger partial charge in [0, 0.05) is 29.3 Å². The van der Waals surface area contributed by atoms with Crippen molar-refractivity contribution in [1.82, 2.24) is 14.8 Å². The summed E-state index contributed by atoms with van der Waals surface area (Å²) in [5, 5.41) is 20.5. The highest BCUT2D eigenvalue weighted by Crippen LogP contribution is 2.40. The number of hydrogen-bond acceptors (Lipinski definition) is 7. The van der Waals surface area contributed by atoms with E-state index in [0.717, 1.165) is 34.8 Å². The van der Waals surface area contributed by atoms with Crippen LogP contribution in [-0.4, -0.2) is 19.9 Å². The number of aromatic hydroxyl groups is 1. The fraction of sp³-hybridized carbons (Fsp3) is 0.227. The molecule has 0 aliphatic heterocycles. The van der Waals surface area contributed by atoms with Gasteiger partial charge >= 0.3 is 5.63 Å². The predicted octanol–water partition coefficient (Wildman–Crippen LogP) is 4.95. The maximum atomic E-state index is 11.9. The van der Waals surface area contributed by atoms with Gasteiger partial charge in [-0.2, -0.15) is 0 Å². The Kier molecular flexibility index (Phi) is 5.33. The number of rotatable bonds is 7. The van der Waals surface area contributed by atoms with Crippen LogP contribution < -0.4 is 10.4 Å². The van der Waals surface area contributed by atoms with Crippen molar-refractivity contribution in [1.29, 1.82) is 0 Å². The maximum Gasteiger partial charge on any atom is 0.336 e. The Hall–Kier alpha value is -2.97. The summed E-state index contributed by atoms with van der Waals surface area (Å²) in [7, 11) is 0. The summed E-state index contributed by atoms with van der Waals surface area (Å²) >= 11 is 7.68. The predicted molar refractivity (Wildman–Crippen MR) is 118 cm³/mol. The van der Waals surface area contributed by atoms with Crippen LogP contribution in [0.2, 0.25) is 5.02 Å². The lowest BCUT2D eigenvalue weighted by Gasteiger charge is -2.11. The fourth-order valence-corrected chi connectivity index (χ4v) is 4.59. The molecule has 2 heterocycles. The van der Waals surface area contributed by atoms with Gasteiger partial charge in [0.15, 0.2) is 11.0 Å². The monoisotopic (exact) mass is 455 g/mol. The molecule has 1 N–H and O–H groups in total. The molecule has 1 aliphatic rings. The van der Waals surface area contributed by atoms with E-state index in [1.54, 1.807) is 18.2 Å². The van der Waals surface area contributed by atoms with Gasteiger partial charge in [0.1, 0.15) is 23.7 Å². The molecule has 5 rings (SSSR count). The number of halogens is 1. The molecule has 4 aromatic rings. The quantitative estimate of drug-likeness (QED) is 0.311. The molecule has 0 unspecified atom stereocenters. The summed E-state index contributed by atoms with van der Waals surface area (Å²) in [5.41, 5.74) is 0.724. The normalized spacial score (nSPS) is 13.6. The zero-order valence-corrected chi connectivity index (χ0v) is 17.9. The summed E-state index contributed by atoms with van der Waals surface area (Å²) in [6.45, 7) is 0.269. The van der Waals surface area contributed by atoms with Crippen LogP contribution in [0.4, 0.5) is 0 Å². The average molecular weight is 456 g/mol. The van der Waals surface area contributed by atoms with Crippen molar-refractivity contribution >= 4 is 34.3 Å². The number of aromatic nitrogens is 3. The third kappa shape index (κ3) is 4.26. The van der Waals surface area contributed by atoms with Crippen molar-refractivity contribution in [3.8, 4) is 11.5 Å². The van der Waals surface area contributed by atoms with Crippen LogP contribution >= 0.6 is 23.4 Å². The lowest BCUT2D eigenvalue weighted by Crippen LogP contribution is -2.07. The Labute approximate surface area is 186 Å². The van der Waals surface area contributed by atoms with Crippen LogP contribution in [0.15, 0.2) is 62.9 Å². The van der Waals surface area contributed by atoms with Gasteiger partial charge in [-0.3, -0.25) is 4.57 Å². The standard InChI is InChI=1S/C22H18ClN3O4S/c23-17-3-1-2-4-18(17)29-11-20-24-25-22(26(20)14-5-6-14)31-12-13-9-21(28)30-19-10-15(27)7-8-16(13)19/h1-4,7-10,14,27H,5-6,11-12H2. The fourth-order valence-electron chi connectivity index (χ4n) is 3.39. The van der Waals surface area contributed by atoms with Gasteiger partial charge in [0.25, 0.3) is 0 Å². The summed E-state index contributed by atoms with van der Waals surface area (Å²) in [6, 6.07) is 13.9. The number of nitrogens with zero attached hydrogens (tertiary/aromatic N) is 3. The zero-order chi connectivity index (χ0) is 21.4. The second kappa shape index (κ2) is 8.28. The summed E-state index contributed by atoms with van der Waals surface area (Å²) in [5.74, 6) is 1.92. The largest absolute Gasteiger partial charge is 0.508 e. The smallest absolute Gasteiger partial charge is 0.336 e. The molecule has 158 valence electrons. The van der Waals surface area contributed by atoms with E-state index >= 15 is 0 Å². The first-order chi connectivity index (χ1) is 15.1. The number of para-hydroxylation sites is 1. The Morgan fingerprint density at radius 2 is 2.03 bits per heavy atom. The van der Waals surface area contributed by atoms with E-state index in [2.05, 4.69) is 14.8 Å². The van der Waals surface area contributed by atoms with E-state index in [0.29, 0.717) is 28.1 Å². The van der Waals surface area contributed by atoms with E-state index in [1.165, 1.54) is 23.9 Å². The van der Waals surface area contributed by atoms with Crippen LogP contribution in [0.3, 0.4) is 0 Å². The highest BCUT2D eigenvalue weighted by atomic mass is 35.5. The molecule has 0 bridgehead atoms. The Morgan fingerprint density at radius 1 is 1.19 bits per heavy atom. The molecule has 0 spiro atoms. The minimum Gasteiger partial charge on any atom is -0.508 e. The lowest BCUT2D eigenvalue weighted by molar-refractivity contribution is 0.288. The number of ether oxygens (including phenoxy) is 1. The van der Waals surface area contributed by atoms with Crippen molar-refractivity contribution in [2.45, 2.75) is 36.4 Å². The van der Waals surface area contributed by atoms with E-state index in [-0.39, 0.29) is 12.4 Å². The maximum absolute atomic E-state index is 11.9. The van der Waals surface area contributed by atoms with Crippen LogP contribution in [0.5, 0.6) is 11.5 Å². The molecule has 31 heavy (non-hydrogen) atoms. The molecule has 0 atom stereocenters. The second-order valence-corrected chi connectivity index (χ2v) is 8.63. The first-order valence-electron chi connectivity index (χ1n) is 9.78. The van der Waals surface area contributed by atoms with Gasteiger partial charge < -0.3 is 14.3 Å². The molecule has 0 saturated heterocycles. The van der Waals surface area contributed by atoms with Crippen LogP contribution in [0.1, 0.15) is 30.3 Å². The molecule has 2 aromatic carbocycles. The minimum atomic E-state index is -0.453. The van der Waals surface area contributed by atoms with Crippen molar-refractivity contribution in [2.24, 2.45) is 0 Å². The van der Waals surface area contributed by atoms with Gasteiger partial charge in [-0.1, -0.05) is 35.5 Å². The Morgan fingerprint density at radius 3 is 2.84 bits per heavy atom. The van der Waals surface area contributed by atoms with Crippen molar-refractivity contribution in [3.05, 3.63) is 75.4 Å². The SMILES string of the molecule is O=c1cc(CSc2nnc(COc3ccccc3Cl)n2C2CC2)c2ccc(O)cc2o1. The third-order valence-electron chi connectivity index (χ3n) is 5.01. The number of benzene rings is 2. The number of hydrogen-bond donors (Lipinski definition) is 1. The molecular formula is C22H18ClN3O4S. The molecule has 1 fully saturated rings. The summed E-state index contributed by atoms with van der Waals surface area (Å²) in [6.07, 6.45) is 2.14. The zero-order valence-electron chi connectivity index (χ0n) is 16.3. The second-order valence-electron chi connectivity index (χ2n) is 7.28. The molecule has 0 amide bonds. The summed E-state index contributed by atoms with van der Waals surface area (Å²) < 4.78 is 13.2. The third-order valence-corrected chi connectivity index (χ3v) is 6.32. The topological polar surface area (TPSA) is 90.4 Å². The molecular weight excluding hydrogens is 438 g/mol. The van der Waals surface area contributed by atoms with Gasteiger partial charge in [0.2, 0.25) is 0 Å². The number of fused-ring (bicyclic) bond motifs is 1. The van der Waals surface area contributed by atoms with Gasteiger partial charge in [-0.25, -0.2) is 4.79 Å². The molecule has 7 nitrogen and oxygen atoms in total. The minimum absolute atomic E-state index is 0.0529. The first-order valence-corrected chi connectivity index (χ1v) is 11.1. The molecule has 1 saturated carbocycles. The molecule has 0 radical (unpaired) electrons. The molecule has 1 aliphatic carbocycles. The van der Waals surface area contributed by atoms with Gasteiger partial charge in [0.05, 0.1) is 5.02 Å². The number of thioether (sulfide) groups is 1. The van der Waals surface area contributed by atoms with E-state index < -0.39 is 5.63 Å². The summed E-state index contributed by atoms with van der Waals surface area (Å²) in [4.78, 5) is 11.9. The van der Waals surface area contributed by atoms with Gasteiger partial charge in [-0.15, -0.1) is 10.2 Å². The van der Waals surface area contributed by atoms with E-state index in [9.17, 15) is 9.90 Å². The number of phenolic OH excluding ortho intramolecular Hbond substituents is 1. The average Bonchev–Trinajstić information content (AvgIpc) is 3.51. The molecule has 2 aromatic heterocycles. The van der Waals surface area contributed by atoms with Gasteiger partial charge in [-0.05, 0) is 42.7 Å². The molecule has 9 heteroatoms. The first kappa shape index (κ1) is 20.0. The lowest BCUT2D eigenvalue weighted by atomic mass is 10.1. The van der Waals surface area contributed by atoms with Crippen LogP contribution in [-0.2, 0) is 12.4 Å². The van der Waals surface area contributed by atoms with Crippen LogP contribution in [0, 0.1) is 0 Å². The van der Waals surface area contributed by atoms with Crippen molar-refractivity contribution in [3.63, 3.8) is 0 Å². The van der Waals surface area contributed by atoms with E-state index in [4.69, 9.17) is 20.8 Å². The highest BCUT2D eigenvalue weighted by Gasteiger charge is 2.30. The highest BCUT2D eigenvalue weighted by molar-refractivity contribution is 7.98. The van der Waals surface area contributed by atoms with Crippen molar-refractivity contribution < 1.29 is 14.3 Å². The van der Waals surface area contributed by atoms with Crippen molar-refractivity contribution in [2.75, 3.05) is 0 Å². The Bertz CT molecular complexity index is 1320. The number of phenols is 1.